The van der Waals surface area contributed by atoms with Crippen LogP contribution in [-0.2, 0) is 16.7 Å². The molecule has 0 atom stereocenters. The van der Waals surface area contributed by atoms with Crippen molar-refractivity contribution >= 4 is 17.7 Å². The van der Waals surface area contributed by atoms with E-state index in [1.807, 2.05) is 36.4 Å². The Morgan fingerprint density at radius 2 is 1.66 bits per heavy atom. The summed E-state index contributed by atoms with van der Waals surface area (Å²) in [6.07, 6.45) is -2.45. The van der Waals surface area contributed by atoms with Gasteiger partial charge in [-0.2, -0.15) is 13.2 Å². The number of benzene rings is 3. The fourth-order valence-corrected chi connectivity index (χ4v) is 4.39. The number of rotatable bonds is 7. The first-order chi connectivity index (χ1) is 15.2. The molecule has 0 heterocycles. The molecule has 0 unspecified atom stereocenters. The number of ether oxygens (including phenoxy) is 1. The fourth-order valence-electron chi connectivity index (χ4n) is 3.55. The molecular formula is C25H21F3O3S. The van der Waals surface area contributed by atoms with Gasteiger partial charge in [0, 0.05) is 10.6 Å². The highest BCUT2D eigenvalue weighted by atomic mass is 32.2. The summed E-state index contributed by atoms with van der Waals surface area (Å²) in [4.78, 5) is 12.5. The maximum absolute atomic E-state index is 12.8. The minimum atomic E-state index is -4.34. The highest BCUT2D eigenvalue weighted by Gasteiger charge is 2.47. The first kappa shape index (κ1) is 22.3. The molecule has 0 bridgehead atoms. The highest BCUT2D eigenvalue weighted by Crippen LogP contribution is 2.37. The lowest BCUT2D eigenvalue weighted by Crippen LogP contribution is -2.50. The number of carboxylic acids is 1. The Hall–Kier alpha value is -2.93. The van der Waals surface area contributed by atoms with Crippen LogP contribution in [0, 0.1) is 0 Å². The zero-order valence-electron chi connectivity index (χ0n) is 17.1. The van der Waals surface area contributed by atoms with Crippen LogP contribution in [0.1, 0.15) is 30.4 Å². The number of thioether (sulfide) groups is 1. The summed E-state index contributed by atoms with van der Waals surface area (Å²) in [5.74, 6) is 0.309. The SMILES string of the molecule is O=C(O)C1(Oc2ccc(SCc3cccc(-c4ccc(C(F)(F)F)cc4)c3)cc2)CCC1. The molecule has 4 rings (SSSR count). The Balaban J connectivity index is 1.39. The summed E-state index contributed by atoms with van der Waals surface area (Å²) in [5.41, 5.74) is 0.890. The Bertz CT molecular complexity index is 1090. The number of alkyl halides is 3. The quantitative estimate of drug-likeness (QED) is 0.385. The molecule has 1 aliphatic rings. The summed E-state index contributed by atoms with van der Waals surface area (Å²) in [6.45, 7) is 0. The van der Waals surface area contributed by atoms with Crippen molar-refractivity contribution in [3.05, 3.63) is 83.9 Å². The molecule has 7 heteroatoms. The van der Waals surface area contributed by atoms with E-state index in [-0.39, 0.29) is 0 Å². The van der Waals surface area contributed by atoms with Crippen molar-refractivity contribution in [2.75, 3.05) is 0 Å². The van der Waals surface area contributed by atoms with Crippen LogP contribution in [0.15, 0.2) is 77.7 Å². The smallest absolute Gasteiger partial charge is 0.416 e. The van der Waals surface area contributed by atoms with Crippen molar-refractivity contribution in [3.63, 3.8) is 0 Å². The standard InChI is InChI=1S/C25H21F3O3S/c26-25(27,28)20-7-5-18(6-8-20)19-4-1-3-17(15-19)16-32-22-11-9-21(10-12-22)31-24(23(29)30)13-2-14-24/h1,3-12,15H,2,13-14,16H2,(H,29,30). The van der Waals surface area contributed by atoms with Crippen LogP contribution in [-0.4, -0.2) is 16.7 Å². The molecule has 3 nitrogen and oxygen atoms in total. The molecule has 0 spiro atoms. The summed E-state index contributed by atoms with van der Waals surface area (Å²) in [7, 11) is 0. The van der Waals surface area contributed by atoms with Gasteiger partial charge in [-0.25, -0.2) is 4.79 Å². The maximum Gasteiger partial charge on any atom is 0.416 e. The molecule has 32 heavy (non-hydrogen) atoms. The first-order valence-electron chi connectivity index (χ1n) is 10.2. The third-order valence-electron chi connectivity index (χ3n) is 5.57. The van der Waals surface area contributed by atoms with Crippen LogP contribution in [0.3, 0.4) is 0 Å². The van der Waals surface area contributed by atoms with Crippen molar-refractivity contribution in [3.8, 4) is 16.9 Å². The second-order valence-corrected chi connectivity index (χ2v) is 8.84. The molecule has 3 aromatic carbocycles. The Kier molecular flexibility index (Phi) is 6.20. The predicted molar refractivity (Wildman–Crippen MR) is 118 cm³/mol. The lowest BCUT2D eigenvalue weighted by Gasteiger charge is -2.37. The first-order valence-corrected chi connectivity index (χ1v) is 11.2. The summed E-state index contributed by atoms with van der Waals surface area (Å²) in [6, 6.07) is 20.2. The van der Waals surface area contributed by atoms with Gasteiger partial charge >= 0.3 is 12.1 Å². The van der Waals surface area contributed by atoms with Crippen molar-refractivity contribution in [1.82, 2.24) is 0 Å². The molecule has 0 amide bonds. The summed E-state index contributed by atoms with van der Waals surface area (Å²) in [5, 5.41) is 9.38. The van der Waals surface area contributed by atoms with Crippen molar-refractivity contribution < 1.29 is 27.8 Å². The molecule has 1 N–H and O–H groups in total. The van der Waals surface area contributed by atoms with Crippen LogP contribution < -0.4 is 4.74 Å². The van der Waals surface area contributed by atoms with Gasteiger partial charge < -0.3 is 9.84 Å². The molecule has 0 saturated heterocycles. The van der Waals surface area contributed by atoms with Gasteiger partial charge in [0.1, 0.15) is 5.75 Å². The lowest BCUT2D eigenvalue weighted by atomic mass is 9.80. The molecule has 1 aliphatic carbocycles. The van der Waals surface area contributed by atoms with Gasteiger partial charge in [-0.3, -0.25) is 0 Å². The lowest BCUT2D eigenvalue weighted by molar-refractivity contribution is -0.163. The molecule has 1 saturated carbocycles. The number of carboxylic acid groups (broad SMARTS) is 1. The van der Waals surface area contributed by atoms with E-state index in [0.29, 0.717) is 24.3 Å². The van der Waals surface area contributed by atoms with Gasteiger partial charge in [-0.05, 0) is 72.4 Å². The van der Waals surface area contributed by atoms with Gasteiger partial charge in [-0.1, -0.05) is 36.4 Å². The topological polar surface area (TPSA) is 46.5 Å². The van der Waals surface area contributed by atoms with Gasteiger partial charge in [-0.15, -0.1) is 11.8 Å². The Labute approximate surface area is 188 Å². The number of halogens is 3. The second-order valence-electron chi connectivity index (χ2n) is 7.79. The third kappa shape index (κ3) is 4.93. The maximum atomic E-state index is 12.8. The van der Waals surface area contributed by atoms with Crippen molar-refractivity contribution in [2.45, 2.75) is 41.7 Å². The molecule has 3 aromatic rings. The highest BCUT2D eigenvalue weighted by molar-refractivity contribution is 7.98. The average molecular weight is 459 g/mol. The number of hydrogen-bond acceptors (Lipinski definition) is 3. The van der Waals surface area contributed by atoms with E-state index >= 15 is 0 Å². The molecule has 0 aliphatic heterocycles. The molecular weight excluding hydrogens is 437 g/mol. The minimum absolute atomic E-state index is 0.522. The molecule has 0 aromatic heterocycles. The van der Waals surface area contributed by atoms with Gasteiger partial charge in [0.15, 0.2) is 0 Å². The number of hydrogen-bond donors (Lipinski definition) is 1. The minimum Gasteiger partial charge on any atom is -0.478 e. The van der Waals surface area contributed by atoms with Gasteiger partial charge in [0.2, 0.25) is 5.60 Å². The number of aliphatic carboxylic acids is 1. The predicted octanol–water partition coefficient (Wildman–Crippen LogP) is 7.05. The van der Waals surface area contributed by atoms with E-state index in [1.54, 1.807) is 23.9 Å². The monoisotopic (exact) mass is 458 g/mol. The molecule has 166 valence electrons. The van der Waals surface area contributed by atoms with E-state index in [9.17, 15) is 23.1 Å². The Morgan fingerprint density at radius 3 is 2.22 bits per heavy atom. The van der Waals surface area contributed by atoms with E-state index < -0.39 is 23.3 Å². The van der Waals surface area contributed by atoms with Gasteiger partial charge in [0.05, 0.1) is 5.56 Å². The second kappa shape index (κ2) is 8.90. The normalized spacial score (nSPS) is 15.1. The van der Waals surface area contributed by atoms with Crippen molar-refractivity contribution in [2.24, 2.45) is 0 Å². The van der Waals surface area contributed by atoms with Crippen LogP contribution in [0.4, 0.5) is 13.2 Å². The summed E-state index contributed by atoms with van der Waals surface area (Å²) >= 11 is 1.62. The van der Waals surface area contributed by atoms with Crippen LogP contribution in [0.25, 0.3) is 11.1 Å². The number of carbonyl (C=O) groups is 1. The zero-order chi connectivity index (χ0) is 22.8. The van der Waals surface area contributed by atoms with Gasteiger partial charge in [0.25, 0.3) is 0 Å². The zero-order valence-corrected chi connectivity index (χ0v) is 17.9. The fraction of sp³-hybridized carbons (Fsp3) is 0.240. The van der Waals surface area contributed by atoms with E-state index in [4.69, 9.17) is 4.74 Å². The molecule has 1 fully saturated rings. The average Bonchev–Trinajstić information content (AvgIpc) is 2.75. The largest absolute Gasteiger partial charge is 0.478 e. The van der Waals surface area contributed by atoms with Crippen LogP contribution >= 0.6 is 11.8 Å². The van der Waals surface area contributed by atoms with Crippen LogP contribution in [0.2, 0.25) is 0 Å². The van der Waals surface area contributed by atoms with E-state index in [1.165, 1.54) is 12.1 Å². The Morgan fingerprint density at radius 1 is 0.969 bits per heavy atom. The summed E-state index contributed by atoms with van der Waals surface area (Å²) < 4.78 is 44.1. The van der Waals surface area contributed by atoms with E-state index in [0.717, 1.165) is 40.1 Å². The third-order valence-corrected chi connectivity index (χ3v) is 6.65. The van der Waals surface area contributed by atoms with Crippen LogP contribution in [0.5, 0.6) is 5.75 Å². The molecule has 0 radical (unpaired) electrons. The van der Waals surface area contributed by atoms with E-state index in [2.05, 4.69) is 0 Å². The van der Waals surface area contributed by atoms with Crippen molar-refractivity contribution in [1.29, 1.82) is 0 Å².